The summed E-state index contributed by atoms with van der Waals surface area (Å²) in [5.74, 6) is -6.05. The third kappa shape index (κ3) is 8.56. The number of alkyl halides is 6. The Bertz CT molecular complexity index is 1790. The summed E-state index contributed by atoms with van der Waals surface area (Å²) >= 11 is 0. The number of rotatable bonds is 14. The number of carbonyl (C=O) groups excluding carboxylic acids is 2. The van der Waals surface area contributed by atoms with Crippen molar-refractivity contribution in [2.45, 2.75) is 63.3 Å². The lowest BCUT2D eigenvalue weighted by Gasteiger charge is -2.39. The molecule has 268 valence electrons. The third-order valence-electron chi connectivity index (χ3n) is 8.30. The fourth-order valence-electron chi connectivity index (χ4n) is 5.81. The van der Waals surface area contributed by atoms with Gasteiger partial charge < -0.3 is 34.3 Å². The molecule has 1 aromatic carbocycles. The van der Waals surface area contributed by atoms with E-state index in [1.807, 2.05) is 0 Å². The molecule has 11 nitrogen and oxygen atoms in total. The van der Waals surface area contributed by atoms with E-state index in [4.69, 9.17) is 9.47 Å². The highest BCUT2D eigenvalue weighted by Crippen LogP contribution is 2.36. The first-order valence-electron chi connectivity index (χ1n) is 15.9. The van der Waals surface area contributed by atoms with E-state index >= 15 is 0 Å². The molecule has 2 N–H and O–H groups in total. The van der Waals surface area contributed by atoms with E-state index in [1.165, 1.54) is 22.8 Å². The molecule has 17 heteroatoms. The van der Waals surface area contributed by atoms with Crippen molar-refractivity contribution in [2.75, 3.05) is 38.2 Å². The Labute approximate surface area is 281 Å². The van der Waals surface area contributed by atoms with Gasteiger partial charge in [-0.15, -0.1) is 0 Å². The van der Waals surface area contributed by atoms with Crippen LogP contribution in [0, 0.1) is 0 Å². The Morgan fingerprint density at radius 2 is 1.82 bits per heavy atom. The molecule has 6 rings (SSSR count). The lowest BCUT2D eigenvalue weighted by molar-refractivity contribution is -0.113. The molecular weight excluding hydrogens is 676 g/mol. The number of aromatic nitrogens is 2. The number of ether oxygens (including phenoxy) is 3. The molecule has 0 bridgehead atoms. The average molecular weight is 710 g/mol. The van der Waals surface area contributed by atoms with Crippen LogP contribution in [-0.2, 0) is 11.3 Å². The van der Waals surface area contributed by atoms with E-state index in [9.17, 15) is 40.7 Å². The first kappa shape index (κ1) is 35.2. The van der Waals surface area contributed by atoms with Crippen LogP contribution in [0.2, 0.25) is 0 Å². The first-order chi connectivity index (χ1) is 23.8. The van der Waals surface area contributed by atoms with Gasteiger partial charge in [-0.05, 0) is 72.7 Å². The fraction of sp³-hybridized carbons (Fsp3) is 0.455. The maximum absolute atomic E-state index is 13.6. The highest BCUT2D eigenvalue weighted by Gasteiger charge is 2.46. The van der Waals surface area contributed by atoms with Crippen molar-refractivity contribution in [3.05, 3.63) is 69.6 Å². The van der Waals surface area contributed by atoms with Gasteiger partial charge in [0.15, 0.2) is 6.61 Å². The molecule has 2 aromatic heterocycles. The van der Waals surface area contributed by atoms with Gasteiger partial charge in [-0.3, -0.25) is 14.4 Å². The second-order valence-electron chi connectivity index (χ2n) is 12.3. The number of benzene rings is 1. The second kappa shape index (κ2) is 14.7. The van der Waals surface area contributed by atoms with Gasteiger partial charge in [-0.2, -0.15) is 13.8 Å². The lowest BCUT2D eigenvalue weighted by atomic mass is 9.97. The number of carbonyl (C=O) groups is 2. The highest BCUT2D eigenvalue weighted by molar-refractivity contribution is 6.05. The Hall–Kier alpha value is -4.64. The Morgan fingerprint density at radius 1 is 1.04 bits per heavy atom. The zero-order valence-corrected chi connectivity index (χ0v) is 26.5. The molecule has 0 spiro atoms. The largest absolute Gasteiger partial charge is 0.472 e. The minimum absolute atomic E-state index is 0.0120. The van der Waals surface area contributed by atoms with Gasteiger partial charge in [0.05, 0.1) is 24.8 Å². The summed E-state index contributed by atoms with van der Waals surface area (Å²) in [4.78, 5) is 45.2. The molecule has 1 atom stereocenters. The van der Waals surface area contributed by atoms with Gasteiger partial charge in [0.2, 0.25) is 5.88 Å². The summed E-state index contributed by atoms with van der Waals surface area (Å²) in [6, 6.07) is 7.01. The number of hydrogen-bond donors (Lipinski definition) is 2. The molecule has 3 aromatic rings. The van der Waals surface area contributed by atoms with Crippen LogP contribution in [0.15, 0.2) is 47.4 Å². The SMILES string of the molecule is O=C(Nc1cc(-c2ccc(OC(F)F)cc2C(=O)N2CC(F)(F)C2)cc(OCC(F)F)n1)c1cc(CNCC2CCCO2)cn(C2CC2)c1=O. The van der Waals surface area contributed by atoms with Crippen molar-refractivity contribution < 1.29 is 50.1 Å². The van der Waals surface area contributed by atoms with E-state index in [1.54, 1.807) is 6.20 Å². The maximum Gasteiger partial charge on any atom is 0.387 e. The van der Waals surface area contributed by atoms with E-state index in [-0.39, 0.29) is 40.2 Å². The molecule has 2 saturated heterocycles. The second-order valence-corrected chi connectivity index (χ2v) is 12.3. The van der Waals surface area contributed by atoms with Crippen molar-refractivity contribution in [3.63, 3.8) is 0 Å². The normalized spacial score (nSPS) is 18.3. The number of hydrogen-bond acceptors (Lipinski definition) is 8. The van der Waals surface area contributed by atoms with E-state index in [0.29, 0.717) is 25.3 Å². The number of anilines is 1. The Morgan fingerprint density at radius 3 is 2.48 bits per heavy atom. The van der Waals surface area contributed by atoms with Crippen molar-refractivity contribution in [3.8, 4) is 22.8 Å². The summed E-state index contributed by atoms with van der Waals surface area (Å²) in [7, 11) is 0. The molecule has 1 saturated carbocycles. The van der Waals surface area contributed by atoms with Crippen molar-refractivity contribution in [2.24, 2.45) is 0 Å². The number of amides is 2. The van der Waals surface area contributed by atoms with Gasteiger partial charge in [0, 0.05) is 38.0 Å². The van der Waals surface area contributed by atoms with Crippen LogP contribution in [0.3, 0.4) is 0 Å². The lowest BCUT2D eigenvalue weighted by Crippen LogP contribution is -2.58. The molecule has 3 aliphatic rings. The van der Waals surface area contributed by atoms with Crippen molar-refractivity contribution in [1.29, 1.82) is 0 Å². The number of halogens is 6. The molecule has 3 fully saturated rings. The molecule has 2 aliphatic heterocycles. The van der Waals surface area contributed by atoms with E-state index in [0.717, 1.165) is 48.8 Å². The Kier molecular flexibility index (Phi) is 10.3. The average Bonchev–Trinajstić information content (AvgIpc) is 3.76. The van der Waals surface area contributed by atoms with Gasteiger partial charge in [0.25, 0.3) is 29.7 Å². The summed E-state index contributed by atoms with van der Waals surface area (Å²) in [6.07, 6.45) is 2.28. The summed E-state index contributed by atoms with van der Waals surface area (Å²) in [5, 5.41) is 5.79. The predicted molar refractivity (Wildman–Crippen MR) is 166 cm³/mol. The van der Waals surface area contributed by atoms with Gasteiger partial charge >= 0.3 is 6.61 Å². The maximum atomic E-state index is 13.6. The zero-order valence-electron chi connectivity index (χ0n) is 26.5. The number of nitrogens with one attached hydrogen (secondary N) is 2. The van der Waals surface area contributed by atoms with Gasteiger partial charge in [-0.1, -0.05) is 0 Å². The molecule has 4 heterocycles. The molecule has 1 aliphatic carbocycles. The van der Waals surface area contributed by atoms with Crippen LogP contribution >= 0.6 is 0 Å². The first-order valence-corrected chi connectivity index (χ1v) is 15.9. The van der Waals surface area contributed by atoms with Crippen LogP contribution in [0.25, 0.3) is 11.1 Å². The third-order valence-corrected chi connectivity index (χ3v) is 8.30. The van der Waals surface area contributed by atoms with Crippen LogP contribution in [0.1, 0.15) is 58.0 Å². The minimum Gasteiger partial charge on any atom is -0.472 e. The predicted octanol–water partition coefficient (Wildman–Crippen LogP) is 5.10. The molecule has 50 heavy (non-hydrogen) atoms. The number of likely N-dealkylation sites (tertiary alicyclic amines) is 1. The minimum atomic E-state index is -3.26. The standard InChI is InChI=1S/C33H33F6N5O6/c34-26(35)15-49-28-10-19(23-6-5-21(50-32(36)37)11-24(23)30(46)43-16-33(38,39)17-43)9-27(41-28)42-29(45)25-8-18(12-40-13-22-2-1-7-48-22)14-44(31(25)47)20-3-4-20/h5-6,8-11,14,20,22,26,32,40H,1-4,7,12-13,15-17H2,(H,41,42,45). The summed E-state index contributed by atoms with van der Waals surface area (Å²) < 4.78 is 96.1. The van der Waals surface area contributed by atoms with E-state index < -0.39 is 67.7 Å². The summed E-state index contributed by atoms with van der Waals surface area (Å²) in [5.41, 5.74) is -0.403. The zero-order chi connectivity index (χ0) is 35.6. The monoisotopic (exact) mass is 709 g/mol. The number of pyridine rings is 2. The van der Waals surface area contributed by atoms with Crippen LogP contribution < -0.4 is 25.7 Å². The molecule has 1 unspecified atom stereocenters. The van der Waals surface area contributed by atoms with Gasteiger partial charge in [-0.25, -0.2) is 17.6 Å². The molecule has 2 amide bonds. The van der Waals surface area contributed by atoms with Gasteiger partial charge in [0.1, 0.15) is 17.1 Å². The number of nitrogens with zero attached hydrogens (tertiary/aromatic N) is 3. The quantitative estimate of drug-likeness (QED) is 0.222. The summed E-state index contributed by atoms with van der Waals surface area (Å²) in [6.45, 7) is -4.54. The topological polar surface area (TPSA) is 124 Å². The highest BCUT2D eigenvalue weighted by atomic mass is 19.3. The van der Waals surface area contributed by atoms with Crippen LogP contribution in [-0.4, -0.2) is 84.2 Å². The van der Waals surface area contributed by atoms with Crippen molar-refractivity contribution >= 4 is 17.6 Å². The van der Waals surface area contributed by atoms with E-state index in [2.05, 4.69) is 20.4 Å². The molecular formula is C33H33F6N5O6. The smallest absolute Gasteiger partial charge is 0.387 e. The van der Waals surface area contributed by atoms with Crippen LogP contribution in [0.5, 0.6) is 11.6 Å². The Balaban J connectivity index is 1.32. The fourth-order valence-corrected chi connectivity index (χ4v) is 5.81. The van der Waals surface area contributed by atoms with Crippen LogP contribution in [0.4, 0.5) is 32.2 Å². The van der Waals surface area contributed by atoms with Crippen molar-refractivity contribution in [1.82, 2.24) is 19.8 Å². The molecule has 0 radical (unpaired) electrons.